The van der Waals surface area contributed by atoms with Crippen molar-refractivity contribution in [3.63, 3.8) is 0 Å². The van der Waals surface area contributed by atoms with Crippen molar-refractivity contribution in [3.8, 4) is 5.88 Å². The molecule has 0 spiro atoms. The number of nitrogens with two attached hydrogens (primary N) is 1. The fourth-order valence-electron chi connectivity index (χ4n) is 1.80. The van der Waals surface area contributed by atoms with Gasteiger partial charge in [-0.2, -0.15) is 4.98 Å². The minimum absolute atomic E-state index is 0.0712. The molecule has 5 heteroatoms. The molecule has 3 N–H and O–H groups in total. The van der Waals surface area contributed by atoms with E-state index in [4.69, 9.17) is 10.5 Å². The largest absolute Gasteiger partial charge is 0.475 e. The maximum atomic E-state index is 6.12. The van der Waals surface area contributed by atoms with Crippen LogP contribution in [0.4, 0.5) is 5.95 Å². The molecule has 1 heterocycles. The van der Waals surface area contributed by atoms with E-state index in [0.29, 0.717) is 11.8 Å². The van der Waals surface area contributed by atoms with Crippen LogP contribution in [0.3, 0.4) is 0 Å². The van der Waals surface area contributed by atoms with Crippen molar-refractivity contribution in [2.75, 3.05) is 11.9 Å². The fraction of sp³-hybridized carbons (Fsp3) is 0.667. The molecule has 1 aromatic rings. The molecule has 0 unspecified atom stereocenters. The molecular formula is C12H20N4O. The predicted octanol–water partition coefficient (Wildman–Crippen LogP) is 1.56. The lowest BCUT2D eigenvalue weighted by atomic mass is 9.78. The van der Waals surface area contributed by atoms with Crippen LogP contribution in [0, 0.1) is 0 Å². The van der Waals surface area contributed by atoms with Gasteiger partial charge >= 0.3 is 0 Å². The third-order valence-electron chi connectivity index (χ3n) is 2.93. The number of aromatic nitrogens is 2. The summed E-state index contributed by atoms with van der Waals surface area (Å²) < 4.78 is 5.50. The molecule has 0 aliphatic heterocycles. The van der Waals surface area contributed by atoms with Crippen LogP contribution in [0.1, 0.15) is 33.1 Å². The maximum Gasteiger partial charge on any atom is 0.226 e. The van der Waals surface area contributed by atoms with Gasteiger partial charge < -0.3 is 15.8 Å². The van der Waals surface area contributed by atoms with Gasteiger partial charge in [-0.1, -0.05) is 0 Å². The summed E-state index contributed by atoms with van der Waals surface area (Å²) in [4.78, 5) is 8.42. The smallest absolute Gasteiger partial charge is 0.226 e. The first kappa shape index (κ1) is 12.1. The summed E-state index contributed by atoms with van der Waals surface area (Å²) in [5.74, 6) is 1.18. The van der Waals surface area contributed by atoms with E-state index in [0.717, 1.165) is 19.4 Å². The number of ether oxygens (including phenoxy) is 1. The summed E-state index contributed by atoms with van der Waals surface area (Å²) in [6.07, 6.45) is 5.17. The van der Waals surface area contributed by atoms with Gasteiger partial charge in [-0.15, -0.1) is 0 Å². The Morgan fingerprint density at radius 1 is 1.53 bits per heavy atom. The molecule has 0 bridgehead atoms. The van der Waals surface area contributed by atoms with Crippen LogP contribution in [-0.2, 0) is 0 Å². The van der Waals surface area contributed by atoms with Gasteiger partial charge in [0.1, 0.15) is 0 Å². The first-order chi connectivity index (χ1) is 8.07. The van der Waals surface area contributed by atoms with Gasteiger partial charge in [0.2, 0.25) is 11.8 Å². The van der Waals surface area contributed by atoms with Crippen LogP contribution >= 0.6 is 0 Å². The summed E-state index contributed by atoms with van der Waals surface area (Å²) in [6, 6.07) is 1.76. The van der Waals surface area contributed by atoms with E-state index < -0.39 is 0 Å². The molecule has 0 amide bonds. The van der Waals surface area contributed by atoms with E-state index in [2.05, 4.69) is 15.3 Å². The van der Waals surface area contributed by atoms with Crippen molar-refractivity contribution in [3.05, 3.63) is 12.3 Å². The molecule has 1 saturated carbocycles. The second kappa shape index (κ2) is 4.87. The monoisotopic (exact) mass is 236 g/mol. The number of anilines is 1. The zero-order chi connectivity index (χ0) is 12.3. The molecule has 1 aromatic heterocycles. The topological polar surface area (TPSA) is 73.1 Å². The first-order valence-electron chi connectivity index (χ1n) is 6.10. The van der Waals surface area contributed by atoms with Gasteiger partial charge in [0.25, 0.3) is 0 Å². The summed E-state index contributed by atoms with van der Waals surface area (Å²) in [7, 11) is 0. The number of hydrogen-bond donors (Lipinski definition) is 2. The number of nitrogens with one attached hydrogen (secondary N) is 1. The highest BCUT2D eigenvalue weighted by Crippen LogP contribution is 2.28. The van der Waals surface area contributed by atoms with Crippen molar-refractivity contribution >= 4 is 5.95 Å². The normalized spacial score (nSPS) is 17.6. The third-order valence-corrected chi connectivity index (χ3v) is 2.93. The van der Waals surface area contributed by atoms with Crippen molar-refractivity contribution in [1.82, 2.24) is 9.97 Å². The lowest BCUT2D eigenvalue weighted by molar-refractivity contribution is 0.232. The van der Waals surface area contributed by atoms with Crippen molar-refractivity contribution in [2.45, 2.75) is 44.8 Å². The minimum Gasteiger partial charge on any atom is -0.475 e. The predicted molar refractivity (Wildman–Crippen MR) is 67.1 cm³/mol. The molecule has 0 atom stereocenters. The molecule has 17 heavy (non-hydrogen) atoms. The Kier molecular flexibility index (Phi) is 3.47. The Labute approximate surface area is 102 Å². The average molecular weight is 236 g/mol. The van der Waals surface area contributed by atoms with Crippen LogP contribution in [0.5, 0.6) is 5.88 Å². The Morgan fingerprint density at radius 3 is 2.88 bits per heavy atom. The van der Waals surface area contributed by atoms with E-state index in [1.165, 1.54) is 6.42 Å². The molecule has 1 aliphatic carbocycles. The average Bonchev–Trinajstić information content (AvgIpc) is 2.23. The van der Waals surface area contributed by atoms with Crippen LogP contribution in [0.15, 0.2) is 12.3 Å². The number of nitrogens with zero attached hydrogens (tertiary/aromatic N) is 2. The van der Waals surface area contributed by atoms with Crippen LogP contribution < -0.4 is 15.8 Å². The van der Waals surface area contributed by atoms with E-state index >= 15 is 0 Å². The van der Waals surface area contributed by atoms with E-state index in [1.807, 2.05) is 13.8 Å². The van der Waals surface area contributed by atoms with Gasteiger partial charge in [0.15, 0.2) is 0 Å². The molecule has 0 aromatic carbocycles. The number of rotatable bonds is 5. The second-order valence-electron chi connectivity index (χ2n) is 4.95. The standard InChI is InChI=1S/C12H20N4O/c1-9(2)17-10-4-7-14-11(16-10)15-8-12(13)5-3-6-12/h4,7,9H,3,5-6,8,13H2,1-2H3,(H,14,15,16). The minimum atomic E-state index is -0.0712. The van der Waals surface area contributed by atoms with E-state index in [9.17, 15) is 0 Å². The van der Waals surface area contributed by atoms with Gasteiger partial charge in [0.05, 0.1) is 6.10 Å². The highest BCUT2D eigenvalue weighted by Gasteiger charge is 2.32. The van der Waals surface area contributed by atoms with E-state index in [1.54, 1.807) is 12.3 Å². The van der Waals surface area contributed by atoms with Crippen molar-refractivity contribution in [1.29, 1.82) is 0 Å². The quantitative estimate of drug-likeness (QED) is 0.811. The zero-order valence-electron chi connectivity index (χ0n) is 10.4. The molecule has 1 aliphatic rings. The Morgan fingerprint density at radius 2 is 2.29 bits per heavy atom. The Bertz CT molecular complexity index is 377. The van der Waals surface area contributed by atoms with Crippen LogP contribution in [-0.4, -0.2) is 28.2 Å². The molecule has 0 radical (unpaired) electrons. The van der Waals surface area contributed by atoms with Crippen LogP contribution in [0.2, 0.25) is 0 Å². The van der Waals surface area contributed by atoms with E-state index in [-0.39, 0.29) is 11.6 Å². The maximum absolute atomic E-state index is 6.12. The molecule has 2 rings (SSSR count). The SMILES string of the molecule is CC(C)Oc1ccnc(NCC2(N)CCC2)n1. The second-order valence-corrected chi connectivity index (χ2v) is 4.95. The summed E-state index contributed by atoms with van der Waals surface area (Å²) >= 11 is 0. The fourth-order valence-corrected chi connectivity index (χ4v) is 1.80. The molecule has 5 nitrogen and oxygen atoms in total. The molecule has 1 fully saturated rings. The van der Waals surface area contributed by atoms with Crippen molar-refractivity contribution in [2.24, 2.45) is 5.73 Å². The Balaban J connectivity index is 1.91. The van der Waals surface area contributed by atoms with Gasteiger partial charge in [-0.3, -0.25) is 0 Å². The van der Waals surface area contributed by atoms with Gasteiger partial charge in [-0.05, 0) is 33.1 Å². The summed E-state index contributed by atoms with van der Waals surface area (Å²) in [5.41, 5.74) is 6.05. The van der Waals surface area contributed by atoms with Crippen molar-refractivity contribution < 1.29 is 4.74 Å². The summed E-state index contributed by atoms with van der Waals surface area (Å²) in [5, 5.41) is 3.17. The Hall–Kier alpha value is -1.36. The lowest BCUT2D eigenvalue weighted by Crippen LogP contribution is -2.52. The molecular weight excluding hydrogens is 216 g/mol. The highest BCUT2D eigenvalue weighted by atomic mass is 16.5. The van der Waals surface area contributed by atoms with Gasteiger partial charge in [0, 0.05) is 24.3 Å². The van der Waals surface area contributed by atoms with Gasteiger partial charge in [-0.25, -0.2) is 4.98 Å². The number of hydrogen-bond acceptors (Lipinski definition) is 5. The summed E-state index contributed by atoms with van der Waals surface area (Å²) in [6.45, 7) is 4.66. The third kappa shape index (κ3) is 3.30. The first-order valence-corrected chi connectivity index (χ1v) is 6.10. The highest BCUT2D eigenvalue weighted by molar-refractivity contribution is 5.28. The molecule has 94 valence electrons. The molecule has 0 saturated heterocycles. The zero-order valence-corrected chi connectivity index (χ0v) is 10.4. The lowest BCUT2D eigenvalue weighted by Gasteiger charge is -2.38. The van der Waals surface area contributed by atoms with Crippen LogP contribution in [0.25, 0.3) is 0 Å².